The topological polar surface area (TPSA) is 80.5 Å². The van der Waals surface area contributed by atoms with Crippen LogP contribution in [-0.2, 0) is 0 Å². The number of hydrogen-bond acceptors (Lipinski definition) is 4. The van der Waals surface area contributed by atoms with E-state index in [1.807, 2.05) is 12.1 Å². The van der Waals surface area contributed by atoms with Crippen LogP contribution >= 0.6 is 0 Å². The molecule has 5 nitrogen and oxygen atoms in total. The molecule has 0 aliphatic heterocycles. The van der Waals surface area contributed by atoms with E-state index in [9.17, 15) is 0 Å². The summed E-state index contributed by atoms with van der Waals surface area (Å²) in [5.41, 5.74) is 9.07. The standard InChI is InChI=1S/C11H9N5/c12-8-5-13-3-1-7(8)11-15-9-2-4-14-6-10(9)16-11/h1-6H,12H2,(H,15,16). The van der Waals surface area contributed by atoms with Crippen molar-refractivity contribution in [2.75, 3.05) is 5.73 Å². The van der Waals surface area contributed by atoms with Crippen molar-refractivity contribution in [2.45, 2.75) is 0 Å². The number of nitrogens with two attached hydrogens (primary N) is 1. The van der Waals surface area contributed by atoms with E-state index >= 15 is 0 Å². The lowest BCUT2D eigenvalue weighted by molar-refractivity contribution is 1.29. The van der Waals surface area contributed by atoms with Gasteiger partial charge < -0.3 is 10.7 Å². The number of pyridine rings is 2. The van der Waals surface area contributed by atoms with Crippen LogP contribution in [0.4, 0.5) is 5.69 Å². The van der Waals surface area contributed by atoms with Gasteiger partial charge in [-0.05, 0) is 12.1 Å². The number of anilines is 1. The number of imidazole rings is 1. The first-order valence-corrected chi connectivity index (χ1v) is 4.84. The van der Waals surface area contributed by atoms with Crippen LogP contribution in [0.15, 0.2) is 36.9 Å². The minimum Gasteiger partial charge on any atom is -0.397 e. The van der Waals surface area contributed by atoms with Gasteiger partial charge >= 0.3 is 0 Å². The Kier molecular flexibility index (Phi) is 1.83. The van der Waals surface area contributed by atoms with Crippen LogP contribution in [0.3, 0.4) is 0 Å². The number of rotatable bonds is 1. The fourth-order valence-electron chi connectivity index (χ4n) is 1.61. The molecule has 3 aromatic rings. The second-order valence-electron chi connectivity index (χ2n) is 3.44. The largest absolute Gasteiger partial charge is 0.397 e. The zero-order valence-electron chi connectivity index (χ0n) is 8.38. The summed E-state index contributed by atoms with van der Waals surface area (Å²) in [6.45, 7) is 0. The highest BCUT2D eigenvalue weighted by Crippen LogP contribution is 2.23. The Morgan fingerprint density at radius 1 is 1.06 bits per heavy atom. The zero-order valence-corrected chi connectivity index (χ0v) is 8.38. The van der Waals surface area contributed by atoms with Crippen LogP contribution in [0.2, 0.25) is 0 Å². The number of nitrogen functional groups attached to an aromatic ring is 1. The Morgan fingerprint density at radius 3 is 2.69 bits per heavy atom. The number of H-pyrrole nitrogens is 1. The highest BCUT2D eigenvalue weighted by molar-refractivity contribution is 5.81. The average molecular weight is 211 g/mol. The molecule has 0 unspecified atom stereocenters. The van der Waals surface area contributed by atoms with E-state index in [-0.39, 0.29) is 0 Å². The van der Waals surface area contributed by atoms with E-state index in [0.29, 0.717) is 5.69 Å². The van der Waals surface area contributed by atoms with E-state index in [4.69, 9.17) is 5.73 Å². The Morgan fingerprint density at radius 2 is 1.88 bits per heavy atom. The predicted molar refractivity (Wildman–Crippen MR) is 61.5 cm³/mol. The summed E-state index contributed by atoms with van der Waals surface area (Å²) < 4.78 is 0. The van der Waals surface area contributed by atoms with E-state index in [0.717, 1.165) is 22.4 Å². The van der Waals surface area contributed by atoms with Crippen molar-refractivity contribution in [2.24, 2.45) is 0 Å². The van der Waals surface area contributed by atoms with Crippen molar-refractivity contribution in [1.82, 2.24) is 19.9 Å². The third-order valence-corrected chi connectivity index (χ3v) is 2.39. The van der Waals surface area contributed by atoms with E-state index in [1.165, 1.54) is 0 Å². The molecule has 3 heterocycles. The first-order valence-electron chi connectivity index (χ1n) is 4.84. The lowest BCUT2D eigenvalue weighted by atomic mass is 10.2. The van der Waals surface area contributed by atoms with Gasteiger partial charge in [-0.3, -0.25) is 9.97 Å². The zero-order chi connectivity index (χ0) is 11.0. The molecule has 0 saturated heterocycles. The van der Waals surface area contributed by atoms with Gasteiger partial charge in [-0.1, -0.05) is 0 Å². The lowest BCUT2D eigenvalue weighted by Gasteiger charge is -1.99. The molecule has 3 rings (SSSR count). The molecule has 0 bridgehead atoms. The van der Waals surface area contributed by atoms with Gasteiger partial charge in [0.2, 0.25) is 0 Å². The molecule has 0 spiro atoms. The highest BCUT2D eigenvalue weighted by atomic mass is 14.9. The van der Waals surface area contributed by atoms with Crippen LogP contribution in [0, 0.1) is 0 Å². The molecule has 3 N–H and O–H groups in total. The first kappa shape index (κ1) is 8.84. The maximum Gasteiger partial charge on any atom is 0.140 e. The molecule has 0 atom stereocenters. The second kappa shape index (κ2) is 3.30. The molecule has 3 aromatic heterocycles. The van der Waals surface area contributed by atoms with Crippen LogP contribution in [0.25, 0.3) is 22.4 Å². The highest BCUT2D eigenvalue weighted by Gasteiger charge is 2.07. The number of hydrogen-bond donors (Lipinski definition) is 2. The Bertz CT molecular complexity index is 610. The fraction of sp³-hybridized carbons (Fsp3) is 0. The molecule has 0 aliphatic rings. The van der Waals surface area contributed by atoms with Gasteiger partial charge in [0.15, 0.2) is 0 Å². The van der Waals surface area contributed by atoms with Crippen molar-refractivity contribution in [3.63, 3.8) is 0 Å². The Balaban J connectivity index is 2.23. The summed E-state index contributed by atoms with van der Waals surface area (Å²) >= 11 is 0. The minimum absolute atomic E-state index is 0.606. The van der Waals surface area contributed by atoms with Gasteiger partial charge in [0.05, 0.1) is 29.1 Å². The molecular formula is C11H9N5. The Labute approximate surface area is 91.4 Å². The number of fused-ring (bicyclic) bond motifs is 1. The van der Waals surface area contributed by atoms with Gasteiger partial charge in [0, 0.05) is 18.0 Å². The number of nitrogens with one attached hydrogen (secondary N) is 1. The first-order chi connectivity index (χ1) is 7.84. The monoisotopic (exact) mass is 211 g/mol. The van der Waals surface area contributed by atoms with E-state index in [1.54, 1.807) is 24.8 Å². The van der Waals surface area contributed by atoms with Crippen LogP contribution < -0.4 is 5.73 Å². The molecule has 0 saturated carbocycles. The molecule has 78 valence electrons. The smallest absolute Gasteiger partial charge is 0.140 e. The van der Waals surface area contributed by atoms with Crippen LogP contribution in [-0.4, -0.2) is 19.9 Å². The summed E-state index contributed by atoms with van der Waals surface area (Å²) in [5, 5.41) is 0. The molecule has 0 fully saturated rings. The maximum atomic E-state index is 5.84. The van der Waals surface area contributed by atoms with Gasteiger partial charge in [-0.15, -0.1) is 0 Å². The van der Waals surface area contributed by atoms with Crippen molar-refractivity contribution in [1.29, 1.82) is 0 Å². The molecular weight excluding hydrogens is 202 g/mol. The van der Waals surface area contributed by atoms with Crippen molar-refractivity contribution in [3.05, 3.63) is 36.9 Å². The normalized spacial score (nSPS) is 10.8. The number of nitrogens with zero attached hydrogens (tertiary/aromatic N) is 3. The average Bonchev–Trinajstić information content (AvgIpc) is 2.73. The van der Waals surface area contributed by atoms with Crippen LogP contribution in [0.5, 0.6) is 0 Å². The molecule has 0 radical (unpaired) electrons. The van der Waals surface area contributed by atoms with Crippen LogP contribution in [0.1, 0.15) is 0 Å². The van der Waals surface area contributed by atoms with Crippen molar-refractivity contribution < 1.29 is 0 Å². The van der Waals surface area contributed by atoms with Gasteiger partial charge in [-0.25, -0.2) is 4.98 Å². The summed E-state index contributed by atoms with van der Waals surface area (Å²) in [5.74, 6) is 0.739. The van der Waals surface area contributed by atoms with E-state index < -0.39 is 0 Å². The number of aromatic nitrogens is 4. The van der Waals surface area contributed by atoms with Crippen molar-refractivity contribution in [3.8, 4) is 11.4 Å². The van der Waals surface area contributed by atoms with Gasteiger partial charge in [0.25, 0.3) is 0 Å². The van der Waals surface area contributed by atoms with Gasteiger partial charge in [0.1, 0.15) is 5.82 Å². The van der Waals surface area contributed by atoms with E-state index in [2.05, 4.69) is 19.9 Å². The maximum absolute atomic E-state index is 5.84. The molecule has 16 heavy (non-hydrogen) atoms. The SMILES string of the molecule is Nc1cnccc1-c1nc2ccncc2[nH]1. The Hall–Kier alpha value is -2.43. The summed E-state index contributed by atoms with van der Waals surface area (Å²) in [7, 11) is 0. The molecule has 0 aliphatic carbocycles. The second-order valence-corrected chi connectivity index (χ2v) is 3.44. The third kappa shape index (κ3) is 1.30. The summed E-state index contributed by atoms with van der Waals surface area (Å²) in [6, 6.07) is 3.69. The summed E-state index contributed by atoms with van der Waals surface area (Å²) in [6.07, 6.45) is 6.75. The quantitative estimate of drug-likeness (QED) is 0.640. The van der Waals surface area contributed by atoms with Crippen molar-refractivity contribution >= 4 is 16.7 Å². The molecule has 5 heteroatoms. The summed E-state index contributed by atoms with van der Waals surface area (Å²) in [4.78, 5) is 15.6. The number of aromatic amines is 1. The predicted octanol–water partition coefficient (Wildman–Crippen LogP) is 1.60. The third-order valence-electron chi connectivity index (χ3n) is 2.39. The minimum atomic E-state index is 0.606. The molecule has 0 amide bonds. The lowest BCUT2D eigenvalue weighted by Crippen LogP contribution is -1.91. The fourth-order valence-corrected chi connectivity index (χ4v) is 1.61. The van der Waals surface area contributed by atoms with Gasteiger partial charge in [-0.2, -0.15) is 0 Å². The molecule has 0 aromatic carbocycles.